The Balaban J connectivity index is 2.91. The van der Waals surface area contributed by atoms with E-state index in [4.69, 9.17) is 5.73 Å². The molecule has 0 unspecified atom stereocenters. The second-order valence-electron chi connectivity index (χ2n) is 4.14. The zero-order chi connectivity index (χ0) is 11.4. The molecule has 15 heavy (non-hydrogen) atoms. The maximum atomic E-state index is 5.72. The molecule has 0 spiro atoms. The van der Waals surface area contributed by atoms with Gasteiger partial charge in [-0.25, -0.2) is 0 Å². The number of benzene rings is 1. The Labute approximate surface area is 101 Å². The van der Waals surface area contributed by atoms with Crippen LogP contribution in [0.3, 0.4) is 0 Å². The summed E-state index contributed by atoms with van der Waals surface area (Å²) in [4.78, 5) is 2.36. The van der Waals surface area contributed by atoms with Crippen LogP contribution in [0.4, 0.5) is 11.4 Å². The van der Waals surface area contributed by atoms with Gasteiger partial charge >= 0.3 is 0 Å². The summed E-state index contributed by atoms with van der Waals surface area (Å²) < 4.78 is 1.07. The molecule has 0 aliphatic heterocycles. The highest BCUT2D eigenvalue weighted by atomic mass is 79.9. The van der Waals surface area contributed by atoms with Crippen LogP contribution in [0.2, 0.25) is 0 Å². The molecule has 84 valence electrons. The molecule has 0 saturated carbocycles. The second-order valence-corrected chi connectivity index (χ2v) is 5.00. The van der Waals surface area contributed by atoms with Crippen molar-refractivity contribution in [1.29, 1.82) is 0 Å². The van der Waals surface area contributed by atoms with Crippen LogP contribution in [-0.4, -0.2) is 13.1 Å². The smallest absolute Gasteiger partial charge is 0.0512 e. The molecule has 2 nitrogen and oxygen atoms in total. The van der Waals surface area contributed by atoms with E-state index in [9.17, 15) is 0 Å². The molecule has 0 fully saturated rings. The molecule has 1 rings (SSSR count). The van der Waals surface area contributed by atoms with E-state index in [-0.39, 0.29) is 0 Å². The van der Waals surface area contributed by atoms with E-state index in [2.05, 4.69) is 47.7 Å². The van der Waals surface area contributed by atoms with Crippen molar-refractivity contribution >= 4 is 27.3 Å². The van der Waals surface area contributed by atoms with Gasteiger partial charge < -0.3 is 10.6 Å². The van der Waals surface area contributed by atoms with E-state index in [1.807, 2.05) is 12.1 Å². The summed E-state index contributed by atoms with van der Waals surface area (Å²) in [5.41, 5.74) is 7.74. The average Bonchev–Trinajstić information content (AvgIpc) is 2.14. The Morgan fingerprint density at radius 2 is 2.07 bits per heavy atom. The lowest BCUT2D eigenvalue weighted by Crippen LogP contribution is -2.27. The number of hydrogen-bond donors (Lipinski definition) is 1. The van der Waals surface area contributed by atoms with Crippen molar-refractivity contribution in [3.8, 4) is 0 Å². The lowest BCUT2D eigenvalue weighted by atomic mass is 10.2. The van der Waals surface area contributed by atoms with Crippen LogP contribution in [0.25, 0.3) is 0 Å². The van der Waals surface area contributed by atoms with E-state index in [0.29, 0.717) is 5.92 Å². The molecule has 1 aromatic rings. The van der Waals surface area contributed by atoms with Crippen molar-refractivity contribution in [3.05, 3.63) is 22.7 Å². The third-order valence-electron chi connectivity index (χ3n) is 2.28. The number of nitrogens with zero attached hydrogens (tertiary/aromatic N) is 1. The fourth-order valence-corrected chi connectivity index (χ4v) is 2.27. The molecule has 0 saturated heterocycles. The van der Waals surface area contributed by atoms with Crippen molar-refractivity contribution in [2.75, 3.05) is 23.7 Å². The highest BCUT2D eigenvalue weighted by Gasteiger charge is 2.09. The SMILES string of the molecule is CCN(CC(C)C)c1ccc(N)cc1Br. The van der Waals surface area contributed by atoms with Crippen LogP contribution in [-0.2, 0) is 0 Å². The van der Waals surface area contributed by atoms with Gasteiger partial charge in [-0.3, -0.25) is 0 Å². The van der Waals surface area contributed by atoms with Crippen LogP contribution >= 0.6 is 15.9 Å². The van der Waals surface area contributed by atoms with E-state index in [1.54, 1.807) is 0 Å². The summed E-state index contributed by atoms with van der Waals surface area (Å²) in [6, 6.07) is 5.98. The average molecular weight is 271 g/mol. The summed E-state index contributed by atoms with van der Waals surface area (Å²) in [5.74, 6) is 0.661. The molecule has 0 aliphatic carbocycles. The Morgan fingerprint density at radius 3 is 2.53 bits per heavy atom. The highest BCUT2D eigenvalue weighted by molar-refractivity contribution is 9.10. The first-order valence-electron chi connectivity index (χ1n) is 5.34. The summed E-state index contributed by atoms with van der Waals surface area (Å²) >= 11 is 3.56. The minimum atomic E-state index is 0.661. The fourth-order valence-electron chi connectivity index (χ4n) is 1.62. The summed E-state index contributed by atoms with van der Waals surface area (Å²) in [7, 11) is 0. The molecule has 0 bridgehead atoms. The third kappa shape index (κ3) is 3.42. The first kappa shape index (κ1) is 12.4. The maximum Gasteiger partial charge on any atom is 0.0512 e. The number of halogens is 1. The zero-order valence-electron chi connectivity index (χ0n) is 9.63. The predicted octanol–water partition coefficient (Wildman–Crippen LogP) is 3.51. The number of rotatable bonds is 4. The normalized spacial score (nSPS) is 10.7. The molecule has 0 radical (unpaired) electrons. The van der Waals surface area contributed by atoms with Gasteiger partial charge in [0.2, 0.25) is 0 Å². The summed E-state index contributed by atoms with van der Waals surface area (Å²) in [5, 5.41) is 0. The number of nitrogens with two attached hydrogens (primary N) is 1. The molecule has 0 heterocycles. The molecule has 0 amide bonds. The predicted molar refractivity (Wildman–Crippen MR) is 71.3 cm³/mol. The topological polar surface area (TPSA) is 29.3 Å². The maximum absolute atomic E-state index is 5.72. The first-order chi connectivity index (χ1) is 7.04. The standard InChI is InChI=1S/C12H19BrN2/c1-4-15(8-9(2)3)12-6-5-10(14)7-11(12)13/h5-7,9H,4,8,14H2,1-3H3. The van der Waals surface area contributed by atoms with E-state index < -0.39 is 0 Å². The Hall–Kier alpha value is -0.700. The molecular formula is C12H19BrN2. The Morgan fingerprint density at radius 1 is 1.40 bits per heavy atom. The Bertz CT molecular complexity index is 323. The van der Waals surface area contributed by atoms with Gasteiger partial charge in [-0.05, 0) is 47.0 Å². The van der Waals surface area contributed by atoms with Crippen LogP contribution in [0.5, 0.6) is 0 Å². The zero-order valence-corrected chi connectivity index (χ0v) is 11.2. The van der Waals surface area contributed by atoms with E-state index in [1.165, 1.54) is 5.69 Å². The van der Waals surface area contributed by atoms with Gasteiger partial charge in [-0.2, -0.15) is 0 Å². The van der Waals surface area contributed by atoms with Crippen molar-refractivity contribution in [1.82, 2.24) is 0 Å². The number of anilines is 2. The molecule has 3 heteroatoms. The van der Waals surface area contributed by atoms with E-state index >= 15 is 0 Å². The van der Waals surface area contributed by atoms with Gasteiger partial charge in [0, 0.05) is 23.2 Å². The quantitative estimate of drug-likeness (QED) is 0.849. The van der Waals surface area contributed by atoms with Crippen molar-refractivity contribution in [2.24, 2.45) is 5.92 Å². The van der Waals surface area contributed by atoms with E-state index in [0.717, 1.165) is 23.2 Å². The third-order valence-corrected chi connectivity index (χ3v) is 2.91. The summed E-state index contributed by atoms with van der Waals surface area (Å²) in [6.45, 7) is 8.71. The van der Waals surface area contributed by atoms with Crippen molar-refractivity contribution < 1.29 is 0 Å². The summed E-state index contributed by atoms with van der Waals surface area (Å²) in [6.07, 6.45) is 0. The van der Waals surface area contributed by atoms with Crippen LogP contribution in [0.15, 0.2) is 22.7 Å². The lowest BCUT2D eigenvalue weighted by molar-refractivity contribution is 0.618. The molecular weight excluding hydrogens is 252 g/mol. The largest absolute Gasteiger partial charge is 0.399 e. The van der Waals surface area contributed by atoms with Crippen LogP contribution in [0, 0.1) is 5.92 Å². The van der Waals surface area contributed by atoms with Gasteiger partial charge in [0.15, 0.2) is 0 Å². The fraction of sp³-hybridized carbons (Fsp3) is 0.500. The second kappa shape index (κ2) is 5.40. The Kier molecular flexibility index (Phi) is 4.45. The monoisotopic (exact) mass is 270 g/mol. The van der Waals surface area contributed by atoms with Crippen molar-refractivity contribution in [2.45, 2.75) is 20.8 Å². The van der Waals surface area contributed by atoms with Crippen LogP contribution < -0.4 is 10.6 Å². The van der Waals surface area contributed by atoms with Gasteiger partial charge in [0.05, 0.1) is 5.69 Å². The number of nitrogen functional groups attached to an aromatic ring is 1. The molecule has 0 aromatic heterocycles. The van der Waals surface area contributed by atoms with Crippen LogP contribution in [0.1, 0.15) is 20.8 Å². The molecule has 0 atom stereocenters. The van der Waals surface area contributed by atoms with Gasteiger partial charge in [-0.15, -0.1) is 0 Å². The number of hydrogen-bond acceptors (Lipinski definition) is 2. The molecule has 0 aliphatic rings. The lowest BCUT2D eigenvalue weighted by Gasteiger charge is -2.26. The van der Waals surface area contributed by atoms with Gasteiger partial charge in [0.1, 0.15) is 0 Å². The molecule has 1 aromatic carbocycles. The minimum Gasteiger partial charge on any atom is -0.399 e. The van der Waals surface area contributed by atoms with Crippen molar-refractivity contribution in [3.63, 3.8) is 0 Å². The van der Waals surface area contributed by atoms with Gasteiger partial charge in [-0.1, -0.05) is 13.8 Å². The van der Waals surface area contributed by atoms with Gasteiger partial charge in [0.25, 0.3) is 0 Å². The molecule has 2 N–H and O–H groups in total. The highest BCUT2D eigenvalue weighted by Crippen LogP contribution is 2.28. The minimum absolute atomic E-state index is 0.661. The first-order valence-corrected chi connectivity index (χ1v) is 6.13.